The molecule has 0 fully saturated rings. The summed E-state index contributed by atoms with van der Waals surface area (Å²) in [7, 11) is 0. The molecule has 2 heteroatoms. The van der Waals surface area contributed by atoms with Gasteiger partial charge in [0.1, 0.15) is 11.5 Å². The third-order valence-electron chi connectivity index (χ3n) is 2.74. The molecule has 0 heterocycles. The zero-order valence-electron chi connectivity index (χ0n) is 9.36. The van der Waals surface area contributed by atoms with Crippen molar-refractivity contribution in [3.8, 4) is 22.6 Å². The molecule has 2 aromatic rings. The fourth-order valence-corrected chi connectivity index (χ4v) is 1.70. The lowest BCUT2D eigenvalue weighted by atomic mass is 9.99. The van der Waals surface area contributed by atoms with Crippen molar-refractivity contribution in [1.29, 1.82) is 0 Å². The van der Waals surface area contributed by atoms with Crippen LogP contribution in [0.15, 0.2) is 36.4 Å². The Balaban J connectivity index is 2.58. The molecule has 0 aliphatic rings. The van der Waals surface area contributed by atoms with Crippen LogP contribution in [0.25, 0.3) is 11.1 Å². The van der Waals surface area contributed by atoms with E-state index in [1.165, 1.54) is 0 Å². The van der Waals surface area contributed by atoms with Crippen molar-refractivity contribution in [3.63, 3.8) is 0 Å². The Morgan fingerprint density at radius 1 is 0.812 bits per heavy atom. The fourth-order valence-electron chi connectivity index (χ4n) is 1.70. The number of benzene rings is 2. The largest absolute Gasteiger partial charge is 0.508 e. The Morgan fingerprint density at radius 2 is 1.50 bits per heavy atom. The van der Waals surface area contributed by atoms with E-state index in [0.717, 1.165) is 22.3 Å². The highest BCUT2D eigenvalue weighted by atomic mass is 16.3. The summed E-state index contributed by atoms with van der Waals surface area (Å²) in [6, 6.07) is 10.8. The summed E-state index contributed by atoms with van der Waals surface area (Å²) >= 11 is 0. The van der Waals surface area contributed by atoms with Gasteiger partial charge in [-0.25, -0.2) is 0 Å². The average molecular weight is 214 g/mol. The molecule has 0 spiro atoms. The normalized spacial score (nSPS) is 10.4. The van der Waals surface area contributed by atoms with E-state index in [2.05, 4.69) is 0 Å². The van der Waals surface area contributed by atoms with Crippen molar-refractivity contribution in [2.45, 2.75) is 13.8 Å². The lowest BCUT2D eigenvalue weighted by Gasteiger charge is -2.08. The maximum Gasteiger partial charge on any atom is 0.119 e. The van der Waals surface area contributed by atoms with E-state index in [1.807, 2.05) is 32.0 Å². The first-order valence-corrected chi connectivity index (χ1v) is 5.17. The molecule has 0 unspecified atom stereocenters. The van der Waals surface area contributed by atoms with Gasteiger partial charge >= 0.3 is 0 Å². The number of hydrogen-bond acceptors (Lipinski definition) is 2. The van der Waals surface area contributed by atoms with Crippen LogP contribution in [0.4, 0.5) is 0 Å². The van der Waals surface area contributed by atoms with E-state index in [1.54, 1.807) is 18.2 Å². The molecule has 0 amide bonds. The van der Waals surface area contributed by atoms with Crippen molar-refractivity contribution in [3.05, 3.63) is 47.5 Å². The Kier molecular flexibility index (Phi) is 2.57. The zero-order valence-corrected chi connectivity index (χ0v) is 9.36. The third-order valence-corrected chi connectivity index (χ3v) is 2.74. The van der Waals surface area contributed by atoms with Gasteiger partial charge in [0.2, 0.25) is 0 Å². The van der Waals surface area contributed by atoms with Crippen LogP contribution in [0.5, 0.6) is 11.5 Å². The molecule has 2 rings (SSSR count). The smallest absolute Gasteiger partial charge is 0.119 e. The first kappa shape index (κ1) is 10.6. The van der Waals surface area contributed by atoms with Crippen LogP contribution in [0, 0.1) is 13.8 Å². The van der Waals surface area contributed by atoms with Crippen LogP contribution in [0.1, 0.15) is 11.1 Å². The van der Waals surface area contributed by atoms with E-state index in [9.17, 15) is 10.2 Å². The SMILES string of the molecule is Cc1ccc(-c2cc(O)ccc2C)cc1O. The van der Waals surface area contributed by atoms with Crippen molar-refractivity contribution in [2.24, 2.45) is 0 Å². The maximum atomic E-state index is 9.66. The molecule has 0 saturated heterocycles. The first-order chi connectivity index (χ1) is 7.58. The average Bonchev–Trinajstić information content (AvgIpc) is 2.26. The Labute approximate surface area is 94.8 Å². The predicted octanol–water partition coefficient (Wildman–Crippen LogP) is 3.38. The van der Waals surface area contributed by atoms with Gasteiger partial charge in [-0.05, 0) is 54.3 Å². The highest BCUT2D eigenvalue weighted by molar-refractivity contribution is 5.70. The van der Waals surface area contributed by atoms with E-state index >= 15 is 0 Å². The molecule has 82 valence electrons. The maximum absolute atomic E-state index is 9.66. The molecule has 16 heavy (non-hydrogen) atoms. The topological polar surface area (TPSA) is 40.5 Å². The summed E-state index contributed by atoms with van der Waals surface area (Å²) < 4.78 is 0. The number of phenols is 2. The molecular formula is C14H14O2. The molecule has 2 N–H and O–H groups in total. The van der Waals surface area contributed by atoms with Gasteiger partial charge in [-0.2, -0.15) is 0 Å². The summed E-state index contributed by atoms with van der Waals surface area (Å²) in [6.45, 7) is 3.83. The van der Waals surface area contributed by atoms with Crippen LogP contribution >= 0.6 is 0 Å². The quantitative estimate of drug-likeness (QED) is 0.764. The lowest BCUT2D eigenvalue weighted by molar-refractivity contribution is 0.471. The fraction of sp³-hybridized carbons (Fsp3) is 0.143. The highest BCUT2D eigenvalue weighted by Crippen LogP contribution is 2.30. The second-order valence-electron chi connectivity index (χ2n) is 4.00. The van der Waals surface area contributed by atoms with Crippen LogP contribution in [-0.4, -0.2) is 10.2 Å². The van der Waals surface area contributed by atoms with E-state index in [-0.39, 0.29) is 11.5 Å². The molecular weight excluding hydrogens is 200 g/mol. The summed E-state index contributed by atoms with van der Waals surface area (Å²) in [5, 5.41) is 19.1. The molecule has 0 aliphatic heterocycles. The van der Waals surface area contributed by atoms with Crippen LogP contribution < -0.4 is 0 Å². The van der Waals surface area contributed by atoms with Gasteiger partial charge in [-0.1, -0.05) is 18.2 Å². The van der Waals surface area contributed by atoms with E-state index in [4.69, 9.17) is 0 Å². The Morgan fingerprint density at radius 3 is 2.19 bits per heavy atom. The van der Waals surface area contributed by atoms with Gasteiger partial charge < -0.3 is 10.2 Å². The number of aromatic hydroxyl groups is 2. The van der Waals surface area contributed by atoms with E-state index < -0.39 is 0 Å². The zero-order chi connectivity index (χ0) is 11.7. The van der Waals surface area contributed by atoms with E-state index in [0.29, 0.717) is 0 Å². The number of rotatable bonds is 1. The van der Waals surface area contributed by atoms with Gasteiger partial charge in [0.15, 0.2) is 0 Å². The monoisotopic (exact) mass is 214 g/mol. The summed E-state index contributed by atoms with van der Waals surface area (Å²) in [5.41, 5.74) is 3.77. The lowest BCUT2D eigenvalue weighted by Crippen LogP contribution is -1.84. The van der Waals surface area contributed by atoms with Crippen molar-refractivity contribution in [1.82, 2.24) is 0 Å². The second-order valence-corrected chi connectivity index (χ2v) is 4.00. The van der Waals surface area contributed by atoms with Crippen molar-refractivity contribution >= 4 is 0 Å². The number of phenolic OH excluding ortho intramolecular Hbond substituents is 2. The second kappa shape index (κ2) is 3.89. The van der Waals surface area contributed by atoms with Gasteiger partial charge in [-0.3, -0.25) is 0 Å². The predicted molar refractivity (Wildman–Crippen MR) is 64.7 cm³/mol. The molecule has 0 bridgehead atoms. The highest BCUT2D eigenvalue weighted by Gasteiger charge is 2.05. The van der Waals surface area contributed by atoms with Crippen molar-refractivity contribution in [2.75, 3.05) is 0 Å². The molecule has 2 aromatic carbocycles. The molecule has 0 saturated carbocycles. The van der Waals surface area contributed by atoms with Gasteiger partial charge in [-0.15, -0.1) is 0 Å². The number of hydrogen-bond donors (Lipinski definition) is 2. The van der Waals surface area contributed by atoms with Crippen LogP contribution in [0.2, 0.25) is 0 Å². The van der Waals surface area contributed by atoms with Gasteiger partial charge in [0.05, 0.1) is 0 Å². The minimum absolute atomic E-state index is 0.237. The molecule has 0 radical (unpaired) electrons. The van der Waals surface area contributed by atoms with Gasteiger partial charge in [0, 0.05) is 0 Å². The molecule has 2 nitrogen and oxygen atoms in total. The van der Waals surface area contributed by atoms with Crippen LogP contribution in [0.3, 0.4) is 0 Å². The summed E-state index contributed by atoms with van der Waals surface area (Å²) in [5.74, 6) is 0.515. The Bertz CT molecular complexity index is 530. The van der Waals surface area contributed by atoms with Crippen molar-refractivity contribution < 1.29 is 10.2 Å². The summed E-state index contributed by atoms with van der Waals surface area (Å²) in [4.78, 5) is 0. The molecule has 0 atom stereocenters. The third kappa shape index (κ3) is 1.87. The Hall–Kier alpha value is -1.96. The first-order valence-electron chi connectivity index (χ1n) is 5.17. The minimum atomic E-state index is 0.237. The number of aryl methyl sites for hydroxylation is 2. The van der Waals surface area contributed by atoms with Crippen LogP contribution in [-0.2, 0) is 0 Å². The standard InChI is InChI=1S/C14H14O2/c1-9-4-6-12(15)8-13(9)11-5-3-10(2)14(16)7-11/h3-8,15-16H,1-2H3. The molecule has 0 aromatic heterocycles. The summed E-state index contributed by atoms with van der Waals surface area (Å²) in [6.07, 6.45) is 0. The minimum Gasteiger partial charge on any atom is -0.508 e. The molecule has 0 aliphatic carbocycles. The van der Waals surface area contributed by atoms with Gasteiger partial charge in [0.25, 0.3) is 0 Å².